The number of likely N-dealkylation sites (tertiary alicyclic amines) is 1. The van der Waals surface area contributed by atoms with E-state index >= 15 is 0 Å². The van der Waals surface area contributed by atoms with Crippen LogP contribution in [0.4, 0.5) is 0 Å². The molecule has 1 fully saturated rings. The molecule has 1 saturated heterocycles. The molecule has 0 bridgehead atoms. The second-order valence-corrected chi connectivity index (χ2v) is 7.50. The molecular weight excluding hydrogens is 350 g/mol. The van der Waals surface area contributed by atoms with E-state index in [1.54, 1.807) is 7.11 Å². The monoisotopic (exact) mass is 377 g/mol. The normalized spacial score (nSPS) is 17.9. The van der Waals surface area contributed by atoms with Crippen molar-refractivity contribution in [2.24, 2.45) is 5.92 Å². The van der Waals surface area contributed by atoms with Crippen molar-refractivity contribution in [3.8, 4) is 0 Å². The van der Waals surface area contributed by atoms with E-state index in [9.17, 15) is 0 Å². The van der Waals surface area contributed by atoms with Gasteiger partial charge in [-0.3, -0.25) is 4.90 Å². The van der Waals surface area contributed by atoms with Gasteiger partial charge in [0.1, 0.15) is 0 Å². The van der Waals surface area contributed by atoms with Crippen molar-refractivity contribution >= 4 is 0 Å². The maximum Gasteiger partial charge on any atom is 0.240 e. The topological polar surface area (TPSA) is 51.4 Å². The van der Waals surface area contributed by atoms with Crippen LogP contribution in [-0.2, 0) is 11.3 Å². The third-order valence-electron chi connectivity index (χ3n) is 5.37. The highest BCUT2D eigenvalue weighted by atomic mass is 16.5. The standard InChI is InChI=1S/C23H27N3O2/c1-27-17-18-9-8-14-26(15-18)16-21-24-23(25-28-21)22(19-10-4-2-5-11-19)20-12-6-3-7-13-20/h2-7,10-13,18,22H,8-9,14-17H2,1H3/t18-/m0/s1. The van der Waals surface area contributed by atoms with Crippen LogP contribution in [0.1, 0.15) is 41.6 Å². The smallest absolute Gasteiger partial charge is 0.240 e. The van der Waals surface area contributed by atoms with Crippen molar-refractivity contribution in [2.45, 2.75) is 25.3 Å². The summed E-state index contributed by atoms with van der Waals surface area (Å²) in [6.07, 6.45) is 2.41. The highest BCUT2D eigenvalue weighted by Crippen LogP contribution is 2.30. The lowest BCUT2D eigenvalue weighted by Crippen LogP contribution is -2.36. The molecule has 0 N–H and O–H groups in total. The number of hydrogen-bond donors (Lipinski definition) is 0. The van der Waals surface area contributed by atoms with Crippen LogP contribution >= 0.6 is 0 Å². The molecule has 2 aromatic carbocycles. The first kappa shape index (κ1) is 18.8. The molecule has 146 valence electrons. The Labute approximate surface area is 166 Å². The molecule has 0 unspecified atom stereocenters. The first-order valence-electron chi connectivity index (χ1n) is 9.97. The molecule has 2 heterocycles. The van der Waals surface area contributed by atoms with Gasteiger partial charge in [0.05, 0.1) is 19.1 Å². The average molecular weight is 377 g/mol. The highest BCUT2D eigenvalue weighted by Gasteiger charge is 2.25. The van der Waals surface area contributed by atoms with Gasteiger partial charge in [-0.1, -0.05) is 65.8 Å². The summed E-state index contributed by atoms with van der Waals surface area (Å²) in [5.74, 6) is 1.97. The molecule has 0 spiro atoms. The quantitative estimate of drug-likeness (QED) is 0.620. The number of nitrogens with zero attached hydrogens (tertiary/aromatic N) is 3. The Balaban J connectivity index is 1.54. The Morgan fingerprint density at radius 2 is 1.75 bits per heavy atom. The predicted molar refractivity (Wildman–Crippen MR) is 108 cm³/mol. The Kier molecular flexibility index (Phi) is 6.14. The van der Waals surface area contributed by atoms with E-state index in [0.717, 1.165) is 25.5 Å². The Hall–Kier alpha value is -2.50. The molecule has 0 radical (unpaired) electrons. The minimum absolute atomic E-state index is 0.0255. The summed E-state index contributed by atoms with van der Waals surface area (Å²) in [7, 11) is 1.77. The molecule has 4 rings (SSSR count). The molecule has 5 heteroatoms. The van der Waals surface area contributed by atoms with Crippen molar-refractivity contribution in [1.82, 2.24) is 15.0 Å². The number of benzene rings is 2. The summed E-state index contributed by atoms with van der Waals surface area (Å²) in [5.41, 5.74) is 2.33. The predicted octanol–water partition coefficient (Wildman–Crippen LogP) is 4.11. The van der Waals surface area contributed by atoms with Gasteiger partial charge in [0.15, 0.2) is 5.82 Å². The molecular formula is C23H27N3O2. The van der Waals surface area contributed by atoms with E-state index in [1.807, 2.05) is 12.1 Å². The second-order valence-electron chi connectivity index (χ2n) is 7.50. The van der Waals surface area contributed by atoms with E-state index in [2.05, 4.69) is 58.6 Å². The van der Waals surface area contributed by atoms with Crippen LogP contribution < -0.4 is 0 Å². The number of piperidine rings is 1. The molecule has 1 aliphatic rings. The van der Waals surface area contributed by atoms with Crippen LogP contribution in [-0.4, -0.2) is 41.8 Å². The van der Waals surface area contributed by atoms with E-state index in [1.165, 1.54) is 24.0 Å². The van der Waals surface area contributed by atoms with E-state index < -0.39 is 0 Å². The maximum absolute atomic E-state index is 5.65. The summed E-state index contributed by atoms with van der Waals surface area (Å²) >= 11 is 0. The van der Waals surface area contributed by atoms with Crippen LogP contribution in [0.3, 0.4) is 0 Å². The molecule has 5 nitrogen and oxygen atoms in total. The van der Waals surface area contributed by atoms with Gasteiger partial charge in [0.25, 0.3) is 0 Å². The molecule has 0 saturated carbocycles. The summed E-state index contributed by atoms with van der Waals surface area (Å²) in [4.78, 5) is 7.17. The van der Waals surface area contributed by atoms with E-state index in [-0.39, 0.29) is 5.92 Å². The first-order valence-corrected chi connectivity index (χ1v) is 9.97. The number of aromatic nitrogens is 2. The largest absolute Gasteiger partial charge is 0.384 e. The lowest BCUT2D eigenvalue weighted by Gasteiger charge is -2.31. The number of hydrogen-bond acceptors (Lipinski definition) is 5. The van der Waals surface area contributed by atoms with Crippen LogP contribution in [0.25, 0.3) is 0 Å². The van der Waals surface area contributed by atoms with Gasteiger partial charge >= 0.3 is 0 Å². The zero-order chi connectivity index (χ0) is 19.2. The summed E-state index contributed by atoms with van der Waals surface area (Å²) < 4.78 is 11.0. The lowest BCUT2D eigenvalue weighted by molar-refractivity contribution is 0.0820. The molecule has 28 heavy (non-hydrogen) atoms. The van der Waals surface area contributed by atoms with E-state index in [0.29, 0.717) is 18.4 Å². The average Bonchev–Trinajstić information content (AvgIpc) is 3.18. The maximum atomic E-state index is 5.65. The molecule has 1 atom stereocenters. The Morgan fingerprint density at radius 1 is 1.07 bits per heavy atom. The van der Waals surface area contributed by atoms with Crippen LogP contribution in [0.5, 0.6) is 0 Å². The SMILES string of the molecule is COC[C@H]1CCCN(Cc2nc(C(c3ccccc3)c3ccccc3)no2)C1. The second kappa shape index (κ2) is 9.13. The molecule has 0 aliphatic carbocycles. The molecule has 1 aromatic heterocycles. The number of ether oxygens (including phenoxy) is 1. The van der Waals surface area contributed by atoms with Crippen LogP contribution in [0.2, 0.25) is 0 Å². The molecule has 1 aliphatic heterocycles. The molecule has 0 amide bonds. The van der Waals surface area contributed by atoms with Gasteiger partial charge in [0, 0.05) is 13.7 Å². The van der Waals surface area contributed by atoms with E-state index in [4.69, 9.17) is 14.2 Å². The lowest BCUT2D eigenvalue weighted by atomic mass is 9.91. The van der Waals surface area contributed by atoms with Crippen molar-refractivity contribution in [1.29, 1.82) is 0 Å². The summed E-state index contributed by atoms with van der Waals surface area (Å²) in [5, 5.41) is 4.35. The third kappa shape index (κ3) is 4.49. The van der Waals surface area contributed by atoms with Crippen molar-refractivity contribution in [3.63, 3.8) is 0 Å². The van der Waals surface area contributed by atoms with Crippen molar-refractivity contribution in [3.05, 3.63) is 83.5 Å². The Bertz CT molecular complexity index is 809. The molecule has 3 aromatic rings. The van der Waals surface area contributed by atoms with Gasteiger partial charge in [0.2, 0.25) is 5.89 Å². The van der Waals surface area contributed by atoms with Gasteiger partial charge in [-0.15, -0.1) is 0 Å². The van der Waals surface area contributed by atoms with Crippen LogP contribution in [0.15, 0.2) is 65.2 Å². The summed E-state index contributed by atoms with van der Waals surface area (Å²) in [6, 6.07) is 20.7. The van der Waals surface area contributed by atoms with Gasteiger partial charge < -0.3 is 9.26 Å². The fourth-order valence-corrected chi connectivity index (χ4v) is 4.09. The van der Waals surface area contributed by atoms with Crippen molar-refractivity contribution in [2.75, 3.05) is 26.8 Å². The fraction of sp³-hybridized carbons (Fsp3) is 0.391. The third-order valence-corrected chi connectivity index (χ3v) is 5.37. The van der Waals surface area contributed by atoms with Crippen molar-refractivity contribution < 1.29 is 9.26 Å². The minimum atomic E-state index is -0.0255. The van der Waals surface area contributed by atoms with Gasteiger partial charge in [-0.05, 0) is 36.4 Å². The number of methoxy groups -OCH3 is 1. The van der Waals surface area contributed by atoms with Gasteiger partial charge in [-0.25, -0.2) is 0 Å². The Morgan fingerprint density at radius 3 is 2.39 bits per heavy atom. The zero-order valence-electron chi connectivity index (χ0n) is 16.3. The first-order chi connectivity index (χ1) is 13.8. The van der Waals surface area contributed by atoms with Gasteiger partial charge in [-0.2, -0.15) is 4.98 Å². The zero-order valence-corrected chi connectivity index (χ0v) is 16.3. The minimum Gasteiger partial charge on any atom is -0.384 e. The van der Waals surface area contributed by atoms with Crippen LogP contribution in [0, 0.1) is 5.92 Å². The highest BCUT2D eigenvalue weighted by molar-refractivity contribution is 5.37. The number of rotatable bonds is 7. The summed E-state index contributed by atoms with van der Waals surface area (Å²) in [6.45, 7) is 3.60. The fourth-order valence-electron chi connectivity index (χ4n) is 4.09.